The summed E-state index contributed by atoms with van der Waals surface area (Å²) in [4.78, 5) is 32.7. The number of aliphatic hydroxyl groups excluding tert-OH is 1. The molecule has 2 aliphatic heterocycles. The van der Waals surface area contributed by atoms with Crippen LogP contribution in [-0.2, 0) is 22.5 Å². The molecular formula is C26H27N3O4. The number of fused-ring (bicyclic) bond motifs is 4. The van der Waals surface area contributed by atoms with Crippen LogP contribution >= 0.6 is 0 Å². The minimum atomic E-state index is -0.527. The van der Waals surface area contributed by atoms with Crippen molar-refractivity contribution in [1.29, 1.82) is 0 Å². The van der Waals surface area contributed by atoms with Gasteiger partial charge in [-0.05, 0) is 41.8 Å². The van der Waals surface area contributed by atoms with Crippen molar-refractivity contribution in [3.63, 3.8) is 0 Å². The zero-order valence-electron chi connectivity index (χ0n) is 18.5. The fraction of sp³-hybridized carbons (Fsp3) is 0.346. The van der Waals surface area contributed by atoms with E-state index in [4.69, 9.17) is 4.74 Å². The molecule has 2 bridgehead atoms. The third kappa shape index (κ3) is 3.67. The minimum Gasteiger partial charge on any atom is -0.469 e. The molecule has 0 amide bonds. The first-order chi connectivity index (χ1) is 16.1. The van der Waals surface area contributed by atoms with Gasteiger partial charge in [-0.3, -0.25) is 19.5 Å². The van der Waals surface area contributed by atoms with E-state index in [1.165, 1.54) is 12.7 Å². The lowest BCUT2D eigenvalue weighted by atomic mass is 9.87. The Bertz CT molecular complexity index is 1200. The highest BCUT2D eigenvalue weighted by Crippen LogP contribution is 2.48. The molecule has 0 unspecified atom stereocenters. The van der Waals surface area contributed by atoms with Crippen LogP contribution < -0.4 is 5.56 Å². The number of nitrogens with zero attached hydrogens (tertiary/aromatic N) is 3. The highest BCUT2D eigenvalue weighted by Gasteiger charge is 2.56. The topological polar surface area (TPSA) is 84.7 Å². The van der Waals surface area contributed by atoms with Crippen LogP contribution in [0.4, 0.5) is 0 Å². The van der Waals surface area contributed by atoms with Gasteiger partial charge in [0, 0.05) is 55.3 Å². The number of hydrogen-bond acceptors (Lipinski definition) is 6. The Labute approximate surface area is 192 Å². The number of ether oxygens (including phenoxy) is 1. The van der Waals surface area contributed by atoms with Gasteiger partial charge in [0.15, 0.2) is 0 Å². The van der Waals surface area contributed by atoms with E-state index in [-0.39, 0.29) is 36.1 Å². The molecule has 0 aliphatic carbocycles. The van der Waals surface area contributed by atoms with Gasteiger partial charge in [-0.25, -0.2) is 0 Å². The van der Waals surface area contributed by atoms with Gasteiger partial charge in [0.2, 0.25) is 0 Å². The average Bonchev–Trinajstić information content (AvgIpc) is 3.08. The summed E-state index contributed by atoms with van der Waals surface area (Å²) in [6, 6.07) is 17.2. The lowest BCUT2D eigenvalue weighted by molar-refractivity contribution is -0.148. The molecule has 5 rings (SSSR count). The van der Waals surface area contributed by atoms with Crippen molar-refractivity contribution < 1.29 is 14.6 Å². The van der Waals surface area contributed by atoms with Gasteiger partial charge in [0.25, 0.3) is 5.56 Å². The molecule has 0 spiro atoms. The number of carbonyl (C=O) groups is 1. The van der Waals surface area contributed by atoms with Crippen molar-refractivity contribution in [2.24, 2.45) is 11.8 Å². The maximum atomic E-state index is 13.5. The third-order valence-corrected chi connectivity index (χ3v) is 7.14. The third-order valence-electron chi connectivity index (χ3n) is 7.14. The number of carbonyl (C=O) groups excluding carboxylic acids is 1. The molecule has 4 heterocycles. The zero-order chi connectivity index (χ0) is 22.9. The van der Waals surface area contributed by atoms with Gasteiger partial charge in [0.1, 0.15) is 0 Å². The Morgan fingerprint density at radius 1 is 1.12 bits per heavy atom. The molecule has 2 aromatic heterocycles. The molecule has 1 saturated heterocycles. The molecule has 1 fully saturated rings. The molecule has 1 aromatic carbocycles. The summed E-state index contributed by atoms with van der Waals surface area (Å²) < 4.78 is 6.94. The second-order valence-corrected chi connectivity index (χ2v) is 8.70. The molecule has 4 atom stereocenters. The van der Waals surface area contributed by atoms with Crippen LogP contribution in [0.5, 0.6) is 0 Å². The number of pyridine rings is 2. The van der Waals surface area contributed by atoms with E-state index in [0.29, 0.717) is 12.1 Å². The Balaban J connectivity index is 1.57. The fourth-order valence-electron chi connectivity index (χ4n) is 5.59. The number of hydrogen-bond donors (Lipinski definition) is 1. The molecule has 2 aliphatic rings. The standard InChI is InChI=1S/C26H27N3O4/c1-33-26(32)23-20(16-30)22-15-29-21(8-7-19(25(29)31)18-9-12-27-13-10-18)24(23)28(22)14-11-17-5-3-2-4-6-17/h2-10,12-13,20,22-24,30H,11,14-16H2,1H3/t20-,22-,23+,24+/m1/s1. The number of aromatic nitrogens is 2. The second-order valence-electron chi connectivity index (χ2n) is 8.70. The molecule has 0 saturated carbocycles. The van der Waals surface area contributed by atoms with Crippen LogP contribution in [0.3, 0.4) is 0 Å². The van der Waals surface area contributed by atoms with Gasteiger partial charge in [-0.15, -0.1) is 0 Å². The first kappa shape index (κ1) is 21.6. The second kappa shape index (κ2) is 8.92. The lowest BCUT2D eigenvalue weighted by Crippen LogP contribution is -2.47. The van der Waals surface area contributed by atoms with E-state index in [1.54, 1.807) is 17.0 Å². The van der Waals surface area contributed by atoms with Crippen LogP contribution in [0, 0.1) is 11.8 Å². The highest BCUT2D eigenvalue weighted by atomic mass is 16.5. The van der Waals surface area contributed by atoms with Crippen molar-refractivity contribution in [1.82, 2.24) is 14.5 Å². The number of esters is 1. The average molecular weight is 446 g/mol. The van der Waals surface area contributed by atoms with E-state index >= 15 is 0 Å². The van der Waals surface area contributed by atoms with E-state index in [1.807, 2.05) is 42.5 Å². The van der Waals surface area contributed by atoms with Crippen LogP contribution in [0.2, 0.25) is 0 Å². The highest BCUT2D eigenvalue weighted by molar-refractivity contribution is 5.75. The summed E-state index contributed by atoms with van der Waals surface area (Å²) in [6.07, 6.45) is 4.16. The van der Waals surface area contributed by atoms with Gasteiger partial charge >= 0.3 is 5.97 Å². The van der Waals surface area contributed by atoms with Crippen molar-refractivity contribution in [3.8, 4) is 11.1 Å². The molecular weight excluding hydrogens is 418 g/mol. The summed E-state index contributed by atoms with van der Waals surface area (Å²) in [5.74, 6) is -1.17. The van der Waals surface area contributed by atoms with Crippen molar-refractivity contribution >= 4 is 5.97 Å². The number of methoxy groups -OCH3 is 1. The molecule has 170 valence electrons. The normalized spacial score (nSPS) is 23.8. The van der Waals surface area contributed by atoms with Gasteiger partial charge in [-0.2, -0.15) is 0 Å². The molecule has 3 aromatic rings. The van der Waals surface area contributed by atoms with E-state index in [2.05, 4.69) is 22.0 Å². The molecule has 7 nitrogen and oxygen atoms in total. The van der Waals surface area contributed by atoms with Crippen LogP contribution in [0.1, 0.15) is 17.3 Å². The number of benzene rings is 1. The van der Waals surface area contributed by atoms with E-state index in [9.17, 15) is 14.7 Å². The summed E-state index contributed by atoms with van der Waals surface area (Å²) in [6.45, 7) is 1.02. The SMILES string of the molecule is COC(=O)[C@H]1[C@H](CO)[C@H]2Cn3c(ccc(-c4ccncc4)c3=O)[C@@H]1N2CCc1ccccc1. The van der Waals surface area contributed by atoms with Gasteiger partial charge < -0.3 is 14.4 Å². The van der Waals surface area contributed by atoms with Crippen LogP contribution in [-0.4, -0.2) is 51.8 Å². The summed E-state index contributed by atoms with van der Waals surface area (Å²) in [5, 5.41) is 10.3. The summed E-state index contributed by atoms with van der Waals surface area (Å²) >= 11 is 0. The quantitative estimate of drug-likeness (QED) is 0.586. The largest absolute Gasteiger partial charge is 0.469 e. The molecule has 0 radical (unpaired) electrons. The predicted octanol–water partition coefficient (Wildman–Crippen LogP) is 2.29. The smallest absolute Gasteiger partial charge is 0.311 e. The van der Waals surface area contributed by atoms with Gasteiger partial charge in [-0.1, -0.05) is 30.3 Å². The number of rotatable bonds is 6. The maximum absolute atomic E-state index is 13.5. The van der Waals surface area contributed by atoms with Crippen molar-refractivity contribution in [2.45, 2.75) is 25.0 Å². The predicted molar refractivity (Wildman–Crippen MR) is 123 cm³/mol. The Morgan fingerprint density at radius 3 is 2.58 bits per heavy atom. The van der Waals surface area contributed by atoms with E-state index < -0.39 is 5.92 Å². The van der Waals surface area contributed by atoms with Crippen LogP contribution in [0.25, 0.3) is 11.1 Å². The first-order valence-corrected chi connectivity index (χ1v) is 11.3. The Morgan fingerprint density at radius 2 is 1.88 bits per heavy atom. The zero-order valence-corrected chi connectivity index (χ0v) is 18.5. The first-order valence-electron chi connectivity index (χ1n) is 11.3. The van der Waals surface area contributed by atoms with Crippen molar-refractivity contribution in [3.05, 3.63) is 88.6 Å². The monoisotopic (exact) mass is 445 g/mol. The Kier molecular flexibility index (Phi) is 5.83. The number of aliphatic hydroxyl groups is 1. The van der Waals surface area contributed by atoms with Crippen LogP contribution in [0.15, 0.2) is 71.8 Å². The van der Waals surface area contributed by atoms with Gasteiger partial charge in [0.05, 0.1) is 19.1 Å². The molecule has 1 N–H and O–H groups in total. The summed E-state index contributed by atoms with van der Waals surface area (Å²) in [7, 11) is 1.38. The lowest BCUT2D eigenvalue weighted by Gasteiger charge is -2.38. The van der Waals surface area contributed by atoms with Crippen molar-refractivity contribution in [2.75, 3.05) is 20.3 Å². The van der Waals surface area contributed by atoms with E-state index in [0.717, 1.165) is 24.2 Å². The molecule has 33 heavy (non-hydrogen) atoms. The fourth-order valence-corrected chi connectivity index (χ4v) is 5.59. The molecule has 7 heteroatoms. The Hall–Kier alpha value is -3.29. The maximum Gasteiger partial charge on any atom is 0.311 e. The summed E-state index contributed by atoms with van der Waals surface area (Å²) in [5.41, 5.74) is 3.34. The minimum absolute atomic E-state index is 0.0846.